The smallest absolute Gasteiger partial charge is 0.138 e. The molecule has 0 bridgehead atoms. The fraction of sp³-hybridized carbons (Fsp3) is 0.250. The average Bonchev–Trinajstić information content (AvgIpc) is 2.47. The SMILES string of the molecule is CNC(C)c1ccc(OCc2c(F)cccc2F)c(Cl)c1. The molecule has 0 aliphatic heterocycles. The van der Waals surface area contributed by atoms with Gasteiger partial charge in [-0.3, -0.25) is 0 Å². The predicted octanol–water partition coefficient (Wildman–Crippen LogP) is 4.48. The standard InChI is InChI=1S/C16H16ClF2NO/c1-10(20-2)11-6-7-16(13(17)8-11)21-9-12-14(18)4-3-5-15(12)19/h3-8,10,20H,9H2,1-2H3. The molecule has 0 aromatic heterocycles. The molecule has 0 saturated carbocycles. The van der Waals surface area contributed by atoms with Crippen LogP contribution in [0.3, 0.4) is 0 Å². The van der Waals surface area contributed by atoms with Gasteiger partial charge in [0.05, 0.1) is 10.6 Å². The zero-order valence-electron chi connectivity index (χ0n) is 11.8. The maximum Gasteiger partial charge on any atom is 0.138 e. The topological polar surface area (TPSA) is 21.3 Å². The van der Waals surface area contributed by atoms with Crippen molar-refractivity contribution in [1.82, 2.24) is 5.32 Å². The summed E-state index contributed by atoms with van der Waals surface area (Å²) in [7, 11) is 1.85. The molecule has 1 unspecified atom stereocenters. The van der Waals surface area contributed by atoms with Gasteiger partial charge in [-0.1, -0.05) is 23.7 Å². The van der Waals surface area contributed by atoms with Crippen molar-refractivity contribution in [2.75, 3.05) is 7.05 Å². The van der Waals surface area contributed by atoms with Gasteiger partial charge in [-0.15, -0.1) is 0 Å². The molecule has 0 radical (unpaired) electrons. The van der Waals surface area contributed by atoms with Gasteiger partial charge in [-0.25, -0.2) is 8.78 Å². The molecule has 1 N–H and O–H groups in total. The van der Waals surface area contributed by atoms with E-state index in [2.05, 4.69) is 5.32 Å². The Balaban J connectivity index is 2.14. The van der Waals surface area contributed by atoms with E-state index in [1.165, 1.54) is 18.2 Å². The van der Waals surface area contributed by atoms with Crippen molar-refractivity contribution in [3.05, 3.63) is 64.2 Å². The molecule has 112 valence electrons. The number of halogens is 3. The predicted molar refractivity (Wildman–Crippen MR) is 79.6 cm³/mol. The van der Waals surface area contributed by atoms with Gasteiger partial charge in [0.25, 0.3) is 0 Å². The molecule has 21 heavy (non-hydrogen) atoms. The van der Waals surface area contributed by atoms with E-state index < -0.39 is 11.6 Å². The molecule has 2 aromatic rings. The maximum atomic E-state index is 13.5. The lowest BCUT2D eigenvalue weighted by Crippen LogP contribution is -2.12. The van der Waals surface area contributed by atoms with Crippen LogP contribution in [0.5, 0.6) is 5.75 Å². The van der Waals surface area contributed by atoms with Crippen LogP contribution in [0.15, 0.2) is 36.4 Å². The lowest BCUT2D eigenvalue weighted by molar-refractivity contribution is 0.292. The average molecular weight is 312 g/mol. The number of rotatable bonds is 5. The van der Waals surface area contributed by atoms with Crippen molar-refractivity contribution in [1.29, 1.82) is 0 Å². The Kier molecular flexibility index (Phi) is 5.15. The molecule has 0 aliphatic carbocycles. The normalized spacial score (nSPS) is 12.2. The maximum absolute atomic E-state index is 13.5. The monoisotopic (exact) mass is 311 g/mol. The number of hydrogen-bond donors (Lipinski definition) is 1. The van der Waals surface area contributed by atoms with Crippen molar-refractivity contribution in [2.24, 2.45) is 0 Å². The van der Waals surface area contributed by atoms with Gasteiger partial charge < -0.3 is 10.1 Å². The Morgan fingerprint density at radius 2 is 1.86 bits per heavy atom. The van der Waals surface area contributed by atoms with Crippen molar-refractivity contribution in [2.45, 2.75) is 19.6 Å². The molecule has 2 aromatic carbocycles. The second-order valence-corrected chi connectivity index (χ2v) is 5.10. The van der Waals surface area contributed by atoms with Crippen molar-refractivity contribution in [3.8, 4) is 5.75 Å². The second-order valence-electron chi connectivity index (χ2n) is 4.69. The Hall–Kier alpha value is -1.65. The summed E-state index contributed by atoms with van der Waals surface area (Å²) in [5, 5.41) is 3.51. The van der Waals surface area contributed by atoms with Gasteiger partial charge in [-0.05, 0) is 43.8 Å². The zero-order chi connectivity index (χ0) is 15.4. The summed E-state index contributed by atoms with van der Waals surface area (Å²) >= 11 is 6.14. The minimum atomic E-state index is -0.633. The van der Waals surface area contributed by atoms with E-state index in [0.29, 0.717) is 10.8 Å². The van der Waals surface area contributed by atoms with Gasteiger partial charge >= 0.3 is 0 Å². The van der Waals surface area contributed by atoms with Crippen molar-refractivity contribution in [3.63, 3.8) is 0 Å². The van der Waals surface area contributed by atoms with E-state index in [-0.39, 0.29) is 18.2 Å². The number of nitrogens with one attached hydrogen (secondary N) is 1. The molecule has 0 aliphatic rings. The van der Waals surface area contributed by atoms with E-state index in [0.717, 1.165) is 5.56 Å². The molecule has 0 fully saturated rings. The summed E-state index contributed by atoms with van der Waals surface area (Å²) in [6, 6.07) is 9.19. The van der Waals surface area contributed by atoms with Crippen LogP contribution in [0.2, 0.25) is 5.02 Å². The van der Waals surface area contributed by atoms with Gasteiger partial charge in [0.2, 0.25) is 0 Å². The second kappa shape index (κ2) is 6.87. The van der Waals surface area contributed by atoms with E-state index in [4.69, 9.17) is 16.3 Å². The van der Waals surface area contributed by atoms with Crippen LogP contribution in [0.25, 0.3) is 0 Å². The van der Waals surface area contributed by atoms with Crippen LogP contribution < -0.4 is 10.1 Å². The number of benzene rings is 2. The Bertz CT molecular complexity index is 613. The first-order chi connectivity index (χ1) is 10.0. The summed E-state index contributed by atoms with van der Waals surface area (Å²) in [6.45, 7) is 1.79. The highest BCUT2D eigenvalue weighted by molar-refractivity contribution is 6.32. The fourth-order valence-electron chi connectivity index (χ4n) is 1.89. The summed E-state index contributed by atoms with van der Waals surface area (Å²) in [4.78, 5) is 0. The van der Waals surface area contributed by atoms with Crippen LogP contribution in [0.4, 0.5) is 8.78 Å². The number of hydrogen-bond acceptors (Lipinski definition) is 2. The third-order valence-corrected chi connectivity index (χ3v) is 3.62. The third kappa shape index (κ3) is 3.71. The van der Waals surface area contributed by atoms with Gasteiger partial charge in [0.1, 0.15) is 24.0 Å². The van der Waals surface area contributed by atoms with E-state index in [1.54, 1.807) is 12.1 Å². The van der Waals surface area contributed by atoms with E-state index >= 15 is 0 Å². The Morgan fingerprint density at radius 1 is 1.19 bits per heavy atom. The molecular weight excluding hydrogens is 296 g/mol. The lowest BCUT2D eigenvalue weighted by atomic mass is 10.1. The largest absolute Gasteiger partial charge is 0.487 e. The first-order valence-corrected chi connectivity index (χ1v) is 6.93. The van der Waals surface area contributed by atoms with Gasteiger partial charge in [0.15, 0.2) is 0 Å². The molecule has 2 nitrogen and oxygen atoms in total. The lowest BCUT2D eigenvalue weighted by Gasteiger charge is -2.14. The molecule has 0 amide bonds. The minimum Gasteiger partial charge on any atom is -0.487 e. The summed E-state index contributed by atoms with van der Waals surface area (Å²) < 4.78 is 32.4. The molecule has 0 saturated heterocycles. The zero-order valence-corrected chi connectivity index (χ0v) is 12.5. The van der Waals surface area contributed by atoms with Crippen molar-refractivity contribution >= 4 is 11.6 Å². The van der Waals surface area contributed by atoms with Gasteiger partial charge in [0, 0.05) is 6.04 Å². The fourth-order valence-corrected chi connectivity index (χ4v) is 2.13. The van der Waals surface area contributed by atoms with Crippen LogP contribution in [0, 0.1) is 11.6 Å². The van der Waals surface area contributed by atoms with Crippen molar-refractivity contribution < 1.29 is 13.5 Å². The summed E-state index contributed by atoms with van der Waals surface area (Å²) in [5.41, 5.74) is 0.896. The third-order valence-electron chi connectivity index (χ3n) is 3.32. The molecule has 2 rings (SSSR count). The van der Waals surface area contributed by atoms with E-state index in [9.17, 15) is 8.78 Å². The molecule has 0 spiro atoms. The van der Waals surface area contributed by atoms with Gasteiger partial charge in [-0.2, -0.15) is 0 Å². The number of ether oxygens (including phenoxy) is 1. The summed E-state index contributed by atoms with van der Waals surface area (Å²) in [5.74, 6) is -0.871. The molecule has 1 atom stereocenters. The Labute approximate surface area is 127 Å². The first kappa shape index (κ1) is 15.7. The molecule has 0 heterocycles. The summed E-state index contributed by atoms with van der Waals surface area (Å²) in [6.07, 6.45) is 0. The highest BCUT2D eigenvalue weighted by Gasteiger charge is 2.11. The highest BCUT2D eigenvalue weighted by atomic mass is 35.5. The highest BCUT2D eigenvalue weighted by Crippen LogP contribution is 2.29. The Morgan fingerprint density at radius 3 is 2.43 bits per heavy atom. The quantitative estimate of drug-likeness (QED) is 0.879. The van der Waals surface area contributed by atoms with Crippen LogP contribution in [-0.2, 0) is 6.61 Å². The molecule has 5 heteroatoms. The van der Waals surface area contributed by atoms with Crippen LogP contribution in [0.1, 0.15) is 24.1 Å². The van der Waals surface area contributed by atoms with E-state index in [1.807, 2.05) is 20.0 Å². The first-order valence-electron chi connectivity index (χ1n) is 6.55. The minimum absolute atomic E-state index is 0.110. The van der Waals surface area contributed by atoms with Crippen LogP contribution in [-0.4, -0.2) is 7.05 Å². The van der Waals surface area contributed by atoms with Crippen LogP contribution >= 0.6 is 11.6 Å². The molecular formula is C16H16ClF2NO.